The van der Waals surface area contributed by atoms with Gasteiger partial charge in [-0.2, -0.15) is 0 Å². The summed E-state index contributed by atoms with van der Waals surface area (Å²) in [4.78, 5) is 0. The third-order valence-electron chi connectivity index (χ3n) is 3.87. The first kappa shape index (κ1) is 12.2. The van der Waals surface area contributed by atoms with Gasteiger partial charge in [0, 0.05) is 12.5 Å². The predicted molar refractivity (Wildman–Crippen MR) is 77.7 cm³/mol. The molecule has 98 valence electrons. The molecule has 0 saturated heterocycles. The van der Waals surface area contributed by atoms with E-state index in [0.717, 1.165) is 19.5 Å². The van der Waals surface area contributed by atoms with E-state index in [1.54, 1.807) is 6.07 Å². The third kappa shape index (κ3) is 2.49. The Morgan fingerprint density at radius 3 is 2.89 bits per heavy atom. The Kier molecular flexibility index (Phi) is 3.26. The summed E-state index contributed by atoms with van der Waals surface area (Å²) >= 11 is 0. The van der Waals surface area contributed by atoms with E-state index in [2.05, 4.69) is 42.6 Å². The zero-order valence-electron chi connectivity index (χ0n) is 11.2. The lowest BCUT2D eigenvalue weighted by Crippen LogP contribution is -2.20. The zero-order valence-corrected chi connectivity index (χ0v) is 11.2. The molecule has 2 heteroatoms. The fraction of sp³-hybridized carbons (Fsp3) is 0.294. The Balaban J connectivity index is 2.07. The van der Waals surface area contributed by atoms with Gasteiger partial charge in [-0.1, -0.05) is 35.9 Å². The van der Waals surface area contributed by atoms with E-state index in [1.165, 1.54) is 22.3 Å². The summed E-state index contributed by atoms with van der Waals surface area (Å²) in [6.07, 6.45) is 0.978. The van der Waals surface area contributed by atoms with Gasteiger partial charge in [0.1, 0.15) is 5.75 Å². The van der Waals surface area contributed by atoms with E-state index in [1.807, 2.05) is 6.07 Å². The van der Waals surface area contributed by atoms with Crippen molar-refractivity contribution in [1.29, 1.82) is 0 Å². The third-order valence-corrected chi connectivity index (χ3v) is 3.87. The Morgan fingerprint density at radius 2 is 2.05 bits per heavy atom. The molecule has 0 saturated carbocycles. The van der Waals surface area contributed by atoms with Gasteiger partial charge in [0.05, 0.1) is 0 Å². The van der Waals surface area contributed by atoms with Crippen LogP contribution in [0.3, 0.4) is 0 Å². The van der Waals surface area contributed by atoms with Crippen LogP contribution in [0.15, 0.2) is 42.5 Å². The van der Waals surface area contributed by atoms with Gasteiger partial charge >= 0.3 is 0 Å². The lowest BCUT2D eigenvalue weighted by molar-refractivity contribution is 0.474. The van der Waals surface area contributed by atoms with Gasteiger partial charge < -0.3 is 10.4 Å². The molecule has 1 atom stereocenters. The van der Waals surface area contributed by atoms with Gasteiger partial charge in [-0.15, -0.1) is 0 Å². The molecule has 2 aromatic carbocycles. The minimum absolute atomic E-state index is 0.364. The molecule has 0 fully saturated rings. The van der Waals surface area contributed by atoms with Crippen LogP contribution in [-0.2, 0) is 6.42 Å². The molecule has 2 nitrogen and oxygen atoms in total. The number of aromatic hydroxyl groups is 1. The molecule has 0 bridgehead atoms. The van der Waals surface area contributed by atoms with Crippen LogP contribution in [-0.4, -0.2) is 18.2 Å². The topological polar surface area (TPSA) is 32.3 Å². The molecule has 0 aliphatic carbocycles. The highest BCUT2D eigenvalue weighted by Crippen LogP contribution is 2.31. The van der Waals surface area contributed by atoms with Crippen LogP contribution >= 0.6 is 0 Å². The second-order valence-corrected chi connectivity index (χ2v) is 5.30. The van der Waals surface area contributed by atoms with Crippen molar-refractivity contribution >= 4 is 0 Å². The van der Waals surface area contributed by atoms with E-state index in [4.69, 9.17) is 0 Å². The minimum atomic E-state index is 0.364. The van der Waals surface area contributed by atoms with Crippen molar-refractivity contribution in [2.75, 3.05) is 13.1 Å². The molecule has 1 aliphatic heterocycles. The second kappa shape index (κ2) is 5.06. The molecule has 2 aromatic rings. The molecule has 1 heterocycles. The summed E-state index contributed by atoms with van der Waals surface area (Å²) in [5, 5.41) is 13.2. The highest BCUT2D eigenvalue weighted by molar-refractivity contribution is 5.43. The minimum Gasteiger partial charge on any atom is -0.508 e. The molecule has 0 radical (unpaired) electrons. The fourth-order valence-corrected chi connectivity index (χ4v) is 2.91. The van der Waals surface area contributed by atoms with E-state index >= 15 is 0 Å². The lowest BCUT2D eigenvalue weighted by Gasteiger charge is -2.19. The van der Waals surface area contributed by atoms with E-state index in [-0.39, 0.29) is 0 Å². The molecular formula is C17H19NO. The molecular weight excluding hydrogens is 234 g/mol. The Labute approximate surface area is 114 Å². The monoisotopic (exact) mass is 253 g/mol. The largest absolute Gasteiger partial charge is 0.508 e. The number of fused-ring (bicyclic) bond motifs is 1. The van der Waals surface area contributed by atoms with Gasteiger partial charge in [-0.3, -0.25) is 0 Å². The number of hydrogen-bond donors (Lipinski definition) is 2. The quantitative estimate of drug-likeness (QED) is 0.819. The van der Waals surface area contributed by atoms with Gasteiger partial charge in [0.2, 0.25) is 0 Å². The summed E-state index contributed by atoms with van der Waals surface area (Å²) in [6.45, 7) is 4.06. The lowest BCUT2D eigenvalue weighted by atomic mass is 9.87. The number of phenolic OH excluding ortho intramolecular Hbond substituents is 1. The Morgan fingerprint density at radius 1 is 1.16 bits per heavy atom. The number of phenols is 1. The second-order valence-electron chi connectivity index (χ2n) is 5.30. The summed E-state index contributed by atoms with van der Waals surface area (Å²) in [7, 11) is 0. The van der Waals surface area contributed by atoms with Crippen molar-refractivity contribution in [1.82, 2.24) is 5.32 Å². The average Bonchev–Trinajstić information content (AvgIpc) is 2.60. The smallest absolute Gasteiger partial charge is 0.115 e. The molecule has 0 amide bonds. The molecule has 2 N–H and O–H groups in total. The van der Waals surface area contributed by atoms with Crippen LogP contribution in [0.2, 0.25) is 0 Å². The summed E-state index contributed by atoms with van der Waals surface area (Å²) in [6, 6.07) is 14.5. The highest BCUT2D eigenvalue weighted by Gasteiger charge is 2.20. The highest BCUT2D eigenvalue weighted by atomic mass is 16.3. The first-order chi connectivity index (χ1) is 9.24. The van der Waals surface area contributed by atoms with Crippen molar-refractivity contribution in [3.8, 4) is 5.75 Å². The van der Waals surface area contributed by atoms with Crippen LogP contribution in [0.1, 0.15) is 28.2 Å². The van der Waals surface area contributed by atoms with Crippen LogP contribution in [0.4, 0.5) is 0 Å². The van der Waals surface area contributed by atoms with Gasteiger partial charge in [-0.25, -0.2) is 0 Å². The first-order valence-electron chi connectivity index (χ1n) is 6.83. The van der Waals surface area contributed by atoms with E-state index in [0.29, 0.717) is 11.7 Å². The Bertz CT molecular complexity index is 592. The maximum absolute atomic E-state index is 9.66. The first-order valence-corrected chi connectivity index (χ1v) is 6.83. The van der Waals surface area contributed by atoms with Crippen LogP contribution in [0.25, 0.3) is 0 Å². The van der Waals surface area contributed by atoms with Crippen molar-refractivity contribution in [3.63, 3.8) is 0 Å². The summed E-state index contributed by atoms with van der Waals surface area (Å²) < 4.78 is 0. The molecule has 3 rings (SSSR count). The summed E-state index contributed by atoms with van der Waals surface area (Å²) in [5.74, 6) is 0.738. The molecule has 1 unspecified atom stereocenters. The molecule has 0 spiro atoms. The predicted octanol–water partition coefficient (Wildman–Crippen LogP) is 2.98. The van der Waals surface area contributed by atoms with E-state index < -0.39 is 0 Å². The van der Waals surface area contributed by atoms with Gasteiger partial charge in [0.15, 0.2) is 0 Å². The van der Waals surface area contributed by atoms with Crippen LogP contribution in [0, 0.1) is 6.92 Å². The number of rotatable bonds is 1. The number of aryl methyl sites for hydroxylation is 1. The van der Waals surface area contributed by atoms with Crippen molar-refractivity contribution < 1.29 is 5.11 Å². The van der Waals surface area contributed by atoms with Crippen molar-refractivity contribution in [2.24, 2.45) is 0 Å². The average molecular weight is 253 g/mol. The normalized spacial score (nSPS) is 18.7. The summed E-state index contributed by atoms with van der Waals surface area (Å²) in [5.41, 5.74) is 5.24. The van der Waals surface area contributed by atoms with Crippen molar-refractivity contribution in [3.05, 3.63) is 64.7 Å². The Hall–Kier alpha value is -1.80. The molecule has 1 aliphatic rings. The number of nitrogens with one attached hydrogen (secondary N) is 1. The number of benzene rings is 2. The van der Waals surface area contributed by atoms with Gasteiger partial charge in [-0.05, 0) is 48.7 Å². The molecule has 19 heavy (non-hydrogen) atoms. The van der Waals surface area contributed by atoms with Crippen LogP contribution in [0.5, 0.6) is 5.75 Å². The van der Waals surface area contributed by atoms with Gasteiger partial charge in [0.25, 0.3) is 0 Å². The van der Waals surface area contributed by atoms with Crippen LogP contribution < -0.4 is 5.32 Å². The number of hydrogen-bond acceptors (Lipinski definition) is 2. The standard InChI is InChI=1S/C17H19NO/c1-12-3-2-4-13(9-12)17-11-18-8-7-14-10-15(19)5-6-16(14)17/h2-6,9-10,17-19H,7-8,11H2,1H3. The zero-order chi connectivity index (χ0) is 13.2. The maximum Gasteiger partial charge on any atom is 0.115 e. The van der Waals surface area contributed by atoms with Crippen molar-refractivity contribution in [2.45, 2.75) is 19.3 Å². The maximum atomic E-state index is 9.66. The fourth-order valence-electron chi connectivity index (χ4n) is 2.91. The van der Waals surface area contributed by atoms with E-state index in [9.17, 15) is 5.11 Å². The molecule has 0 aromatic heterocycles. The SMILES string of the molecule is Cc1cccc(C2CNCCc3cc(O)ccc32)c1.